The Morgan fingerprint density at radius 2 is 1.84 bits per heavy atom. The number of anilines is 1. The maximum atomic E-state index is 5.92. The lowest BCUT2D eigenvalue weighted by Gasteiger charge is -2.11. The lowest BCUT2D eigenvalue weighted by atomic mass is 10.2. The zero-order valence-electron chi connectivity index (χ0n) is 10.3. The van der Waals surface area contributed by atoms with Crippen molar-refractivity contribution in [3.05, 3.63) is 52.0 Å². The second-order valence-corrected chi connectivity index (χ2v) is 4.75. The van der Waals surface area contributed by atoms with Gasteiger partial charge in [-0.05, 0) is 30.3 Å². The Balaban J connectivity index is 2.13. The highest BCUT2D eigenvalue weighted by molar-refractivity contribution is 6.42. The van der Waals surface area contributed by atoms with Crippen LogP contribution in [-0.4, -0.2) is 7.11 Å². The molecule has 100 valence electrons. The lowest BCUT2D eigenvalue weighted by molar-refractivity contribution is 0.297. The first-order valence-electron chi connectivity index (χ1n) is 5.60. The van der Waals surface area contributed by atoms with E-state index in [2.05, 4.69) is 0 Å². The number of halogens is 2. The largest absolute Gasteiger partial charge is 0.496 e. The number of nitrogens with two attached hydrogens (primary N) is 1. The first-order valence-corrected chi connectivity index (χ1v) is 6.36. The van der Waals surface area contributed by atoms with E-state index in [4.69, 9.17) is 38.4 Å². The number of nitrogen functional groups attached to an aromatic ring is 1. The van der Waals surface area contributed by atoms with Gasteiger partial charge in [0.05, 0.1) is 17.2 Å². The molecule has 0 aromatic heterocycles. The average molecular weight is 298 g/mol. The van der Waals surface area contributed by atoms with Crippen LogP contribution in [0, 0.1) is 0 Å². The summed E-state index contributed by atoms with van der Waals surface area (Å²) in [5.41, 5.74) is 7.28. The summed E-state index contributed by atoms with van der Waals surface area (Å²) in [5, 5.41) is 0.953. The monoisotopic (exact) mass is 297 g/mol. The molecule has 2 N–H and O–H groups in total. The molecular formula is C14H13Cl2NO2. The molecule has 2 rings (SSSR count). The van der Waals surface area contributed by atoms with Crippen LogP contribution in [-0.2, 0) is 6.61 Å². The minimum absolute atomic E-state index is 0.339. The van der Waals surface area contributed by atoms with Crippen molar-refractivity contribution in [2.45, 2.75) is 6.61 Å². The molecule has 0 aliphatic heterocycles. The smallest absolute Gasteiger partial charge is 0.125 e. The van der Waals surface area contributed by atoms with Gasteiger partial charge in [-0.2, -0.15) is 0 Å². The highest BCUT2D eigenvalue weighted by Gasteiger charge is 2.06. The van der Waals surface area contributed by atoms with Crippen LogP contribution in [0.1, 0.15) is 5.56 Å². The SMILES string of the molecule is COc1ccc(N)cc1COc1ccc(Cl)c(Cl)c1. The molecule has 0 saturated heterocycles. The van der Waals surface area contributed by atoms with E-state index in [-0.39, 0.29) is 0 Å². The minimum atomic E-state index is 0.339. The van der Waals surface area contributed by atoms with Crippen molar-refractivity contribution in [1.29, 1.82) is 0 Å². The Kier molecular flexibility index (Phi) is 4.40. The fourth-order valence-electron chi connectivity index (χ4n) is 1.64. The molecule has 0 radical (unpaired) electrons. The summed E-state index contributed by atoms with van der Waals surface area (Å²) in [5.74, 6) is 1.37. The number of rotatable bonds is 4. The molecule has 0 saturated carbocycles. The van der Waals surface area contributed by atoms with Gasteiger partial charge in [0.15, 0.2) is 0 Å². The topological polar surface area (TPSA) is 44.5 Å². The Morgan fingerprint density at radius 3 is 2.53 bits per heavy atom. The number of benzene rings is 2. The average Bonchev–Trinajstić information content (AvgIpc) is 2.40. The van der Waals surface area contributed by atoms with Crippen LogP contribution < -0.4 is 15.2 Å². The van der Waals surface area contributed by atoms with E-state index in [0.717, 1.165) is 11.3 Å². The van der Waals surface area contributed by atoms with Gasteiger partial charge in [0, 0.05) is 17.3 Å². The van der Waals surface area contributed by atoms with Gasteiger partial charge in [0.25, 0.3) is 0 Å². The maximum Gasteiger partial charge on any atom is 0.125 e. The number of hydrogen-bond donors (Lipinski definition) is 1. The van der Waals surface area contributed by atoms with Gasteiger partial charge in [0.1, 0.15) is 18.1 Å². The van der Waals surface area contributed by atoms with E-state index in [1.54, 1.807) is 31.4 Å². The molecule has 2 aromatic rings. The standard InChI is InChI=1S/C14H13Cl2NO2/c1-18-14-5-2-10(17)6-9(14)8-19-11-3-4-12(15)13(16)7-11/h2-7H,8,17H2,1H3. The summed E-state index contributed by atoms with van der Waals surface area (Å²) in [6, 6.07) is 10.5. The third kappa shape index (κ3) is 3.46. The second-order valence-electron chi connectivity index (χ2n) is 3.94. The fraction of sp³-hybridized carbons (Fsp3) is 0.143. The number of hydrogen-bond acceptors (Lipinski definition) is 3. The van der Waals surface area contributed by atoms with Crippen molar-refractivity contribution >= 4 is 28.9 Å². The van der Waals surface area contributed by atoms with Crippen molar-refractivity contribution in [2.24, 2.45) is 0 Å². The van der Waals surface area contributed by atoms with Crippen molar-refractivity contribution in [2.75, 3.05) is 12.8 Å². The van der Waals surface area contributed by atoms with E-state index in [1.807, 2.05) is 12.1 Å². The van der Waals surface area contributed by atoms with Gasteiger partial charge < -0.3 is 15.2 Å². The summed E-state index contributed by atoms with van der Waals surface area (Å²) in [4.78, 5) is 0. The van der Waals surface area contributed by atoms with Crippen LogP contribution >= 0.6 is 23.2 Å². The molecular weight excluding hydrogens is 285 g/mol. The molecule has 0 aliphatic carbocycles. The third-order valence-corrected chi connectivity index (χ3v) is 3.33. The van der Waals surface area contributed by atoms with Crippen molar-refractivity contribution in [3.63, 3.8) is 0 Å². The van der Waals surface area contributed by atoms with Gasteiger partial charge in [-0.25, -0.2) is 0 Å². The van der Waals surface area contributed by atoms with E-state index >= 15 is 0 Å². The molecule has 2 aromatic carbocycles. The van der Waals surface area contributed by atoms with Crippen LogP contribution in [0.15, 0.2) is 36.4 Å². The Hall–Kier alpha value is -1.58. The molecule has 0 bridgehead atoms. The van der Waals surface area contributed by atoms with Gasteiger partial charge in [-0.1, -0.05) is 23.2 Å². The van der Waals surface area contributed by atoms with Gasteiger partial charge in [-0.15, -0.1) is 0 Å². The van der Waals surface area contributed by atoms with Crippen LogP contribution in [0.4, 0.5) is 5.69 Å². The van der Waals surface area contributed by atoms with E-state index in [0.29, 0.717) is 28.1 Å². The normalized spacial score (nSPS) is 10.3. The molecule has 0 aliphatic rings. The fourth-order valence-corrected chi connectivity index (χ4v) is 1.93. The summed E-state index contributed by atoms with van der Waals surface area (Å²) < 4.78 is 10.9. The van der Waals surface area contributed by atoms with Crippen LogP contribution in [0.25, 0.3) is 0 Å². The van der Waals surface area contributed by atoms with Crippen molar-refractivity contribution in [3.8, 4) is 11.5 Å². The van der Waals surface area contributed by atoms with Gasteiger partial charge in [-0.3, -0.25) is 0 Å². The third-order valence-electron chi connectivity index (χ3n) is 2.59. The second kappa shape index (κ2) is 6.04. The van der Waals surface area contributed by atoms with Crippen LogP contribution in [0.3, 0.4) is 0 Å². The Bertz CT molecular complexity index is 588. The highest BCUT2D eigenvalue weighted by Crippen LogP contribution is 2.28. The molecule has 0 spiro atoms. The summed E-state index contributed by atoms with van der Waals surface area (Å²) >= 11 is 11.8. The van der Waals surface area contributed by atoms with E-state index in [1.165, 1.54) is 0 Å². The maximum absolute atomic E-state index is 5.92. The van der Waals surface area contributed by atoms with E-state index in [9.17, 15) is 0 Å². The molecule has 5 heteroatoms. The quantitative estimate of drug-likeness (QED) is 0.862. The van der Waals surface area contributed by atoms with Crippen molar-refractivity contribution < 1.29 is 9.47 Å². The first-order chi connectivity index (χ1) is 9.10. The molecule has 0 unspecified atom stereocenters. The van der Waals surface area contributed by atoms with Crippen molar-refractivity contribution in [1.82, 2.24) is 0 Å². The molecule has 0 atom stereocenters. The zero-order valence-corrected chi connectivity index (χ0v) is 11.8. The van der Waals surface area contributed by atoms with Crippen LogP contribution in [0.5, 0.6) is 11.5 Å². The molecule has 3 nitrogen and oxygen atoms in total. The predicted molar refractivity (Wildman–Crippen MR) is 78.2 cm³/mol. The summed E-state index contributed by atoms with van der Waals surface area (Å²) in [6.45, 7) is 0.339. The molecule has 19 heavy (non-hydrogen) atoms. The summed E-state index contributed by atoms with van der Waals surface area (Å²) in [7, 11) is 1.61. The lowest BCUT2D eigenvalue weighted by Crippen LogP contribution is -2.00. The van der Waals surface area contributed by atoms with Crippen LogP contribution in [0.2, 0.25) is 10.0 Å². The Labute approximate surface area is 121 Å². The first kappa shape index (κ1) is 13.8. The highest BCUT2D eigenvalue weighted by atomic mass is 35.5. The minimum Gasteiger partial charge on any atom is -0.496 e. The Morgan fingerprint density at radius 1 is 1.05 bits per heavy atom. The number of ether oxygens (including phenoxy) is 2. The number of methoxy groups -OCH3 is 1. The summed E-state index contributed by atoms with van der Waals surface area (Å²) in [6.07, 6.45) is 0. The molecule has 0 amide bonds. The van der Waals surface area contributed by atoms with Gasteiger partial charge >= 0.3 is 0 Å². The van der Waals surface area contributed by atoms with Gasteiger partial charge in [0.2, 0.25) is 0 Å². The van der Waals surface area contributed by atoms with E-state index < -0.39 is 0 Å². The predicted octanol–water partition coefficient (Wildman–Crippen LogP) is 4.16. The molecule has 0 fully saturated rings. The zero-order chi connectivity index (χ0) is 13.8. The molecule has 0 heterocycles.